The predicted molar refractivity (Wildman–Crippen MR) is 144 cm³/mol. The van der Waals surface area contributed by atoms with Gasteiger partial charge in [-0.15, -0.1) is 0 Å². The molecule has 7 atom stereocenters. The van der Waals surface area contributed by atoms with Crippen LogP contribution in [-0.4, -0.2) is 96.0 Å². The van der Waals surface area contributed by atoms with Crippen LogP contribution in [0.2, 0.25) is 0 Å². The van der Waals surface area contributed by atoms with E-state index in [1.165, 1.54) is 35.2 Å². The van der Waals surface area contributed by atoms with E-state index in [4.69, 9.17) is 19.9 Å². The van der Waals surface area contributed by atoms with Crippen molar-refractivity contribution >= 4 is 17.5 Å². The van der Waals surface area contributed by atoms with Gasteiger partial charge in [0.2, 0.25) is 11.7 Å². The first-order valence-electron chi connectivity index (χ1n) is 13.4. The smallest absolute Gasteiger partial charge is 0.236 e. The SMILES string of the molecule is COC1=C(C)C(=O)C2=C(C1=O)[C@H](CNC(=O)[C@H](C)N)N1[C@@H](O)C3N[C@@H](c4c(O)c(OC)c(C)c(O)c4C3OC)[C@@H]1C2. The Hall–Kier alpha value is -3.49. The van der Waals surface area contributed by atoms with Gasteiger partial charge in [-0.05, 0) is 27.2 Å². The Kier molecular flexibility index (Phi) is 7.37. The number of amides is 1. The number of piperazine rings is 1. The number of aliphatic hydroxyl groups is 1. The van der Waals surface area contributed by atoms with Crippen molar-refractivity contribution in [3.63, 3.8) is 0 Å². The van der Waals surface area contributed by atoms with E-state index in [0.29, 0.717) is 16.7 Å². The number of ether oxygens (including phenoxy) is 3. The van der Waals surface area contributed by atoms with Gasteiger partial charge in [-0.3, -0.25) is 24.6 Å². The van der Waals surface area contributed by atoms with Crippen LogP contribution in [-0.2, 0) is 23.9 Å². The van der Waals surface area contributed by atoms with Gasteiger partial charge in [-0.1, -0.05) is 0 Å². The van der Waals surface area contributed by atoms with Gasteiger partial charge in [-0.25, -0.2) is 0 Å². The molecule has 3 aliphatic heterocycles. The monoisotopic (exact) mass is 572 g/mol. The maximum absolute atomic E-state index is 13.7. The number of fused-ring (bicyclic) bond motifs is 6. The lowest BCUT2D eigenvalue weighted by Crippen LogP contribution is -2.72. The van der Waals surface area contributed by atoms with Crippen LogP contribution < -0.4 is 21.1 Å². The molecular formula is C28H36N4O9. The zero-order valence-corrected chi connectivity index (χ0v) is 23.8. The number of carbonyl (C=O) groups is 3. The van der Waals surface area contributed by atoms with Gasteiger partial charge < -0.3 is 40.6 Å². The van der Waals surface area contributed by atoms with E-state index in [0.717, 1.165) is 0 Å². The number of hydrogen-bond acceptors (Lipinski definition) is 12. The minimum atomic E-state index is -1.30. The first-order valence-corrected chi connectivity index (χ1v) is 13.4. The summed E-state index contributed by atoms with van der Waals surface area (Å²) in [6, 6.07) is -4.04. The molecule has 3 heterocycles. The maximum atomic E-state index is 13.7. The molecule has 2 bridgehead atoms. The predicted octanol–water partition coefficient (Wildman–Crippen LogP) is -0.278. The zero-order valence-electron chi connectivity index (χ0n) is 23.8. The summed E-state index contributed by atoms with van der Waals surface area (Å²) in [5.74, 6) is -1.72. The number of methoxy groups -OCH3 is 3. The van der Waals surface area contributed by atoms with Gasteiger partial charge in [-0.2, -0.15) is 0 Å². The molecule has 1 amide bonds. The summed E-state index contributed by atoms with van der Waals surface area (Å²) in [5, 5.41) is 40.6. The van der Waals surface area contributed by atoms with Crippen LogP contribution in [0, 0.1) is 6.92 Å². The first kappa shape index (κ1) is 29.0. The molecule has 13 nitrogen and oxygen atoms in total. The van der Waals surface area contributed by atoms with Crippen molar-refractivity contribution in [3.8, 4) is 17.2 Å². The van der Waals surface area contributed by atoms with Crippen molar-refractivity contribution in [3.05, 3.63) is 39.2 Å². The highest BCUT2D eigenvalue weighted by molar-refractivity contribution is 6.25. The number of phenols is 2. The number of aliphatic hydroxyl groups excluding tert-OH is 1. The maximum Gasteiger partial charge on any atom is 0.236 e. The molecule has 1 saturated heterocycles. The normalized spacial score (nSPS) is 30.0. The summed E-state index contributed by atoms with van der Waals surface area (Å²) in [4.78, 5) is 41.5. The molecule has 0 aromatic heterocycles. The molecule has 1 aromatic rings. The second-order valence-corrected chi connectivity index (χ2v) is 10.9. The molecule has 5 rings (SSSR count). The Morgan fingerprint density at radius 3 is 2.39 bits per heavy atom. The molecule has 7 N–H and O–H groups in total. The summed E-state index contributed by atoms with van der Waals surface area (Å²) < 4.78 is 16.5. The fourth-order valence-corrected chi connectivity index (χ4v) is 6.88. The minimum Gasteiger partial charge on any atom is -0.507 e. The van der Waals surface area contributed by atoms with Gasteiger partial charge in [0.15, 0.2) is 23.0 Å². The van der Waals surface area contributed by atoms with E-state index in [1.807, 2.05) is 0 Å². The van der Waals surface area contributed by atoms with Crippen molar-refractivity contribution in [2.75, 3.05) is 27.9 Å². The molecule has 1 fully saturated rings. The van der Waals surface area contributed by atoms with E-state index in [9.17, 15) is 29.7 Å². The van der Waals surface area contributed by atoms with Crippen molar-refractivity contribution in [1.82, 2.24) is 15.5 Å². The molecule has 222 valence electrons. The van der Waals surface area contributed by atoms with Gasteiger partial charge in [0, 0.05) is 53.1 Å². The number of benzene rings is 1. The second-order valence-electron chi connectivity index (χ2n) is 10.9. The van der Waals surface area contributed by atoms with E-state index >= 15 is 0 Å². The highest BCUT2D eigenvalue weighted by Gasteiger charge is 2.58. The number of allylic oxidation sites excluding steroid dienone is 2. The highest BCUT2D eigenvalue weighted by atomic mass is 16.5. The van der Waals surface area contributed by atoms with Crippen LogP contribution >= 0.6 is 0 Å². The largest absolute Gasteiger partial charge is 0.507 e. The van der Waals surface area contributed by atoms with E-state index in [-0.39, 0.29) is 58.5 Å². The van der Waals surface area contributed by atoms with Crippen molar-refractivity contribution in [2.24, 2.45) is 5.73 Å². The number of aromatic hydroxyl groups is 2. The molecular weight excluding hydrogens is 536 g/mol. The number of hydrogen-bond donors (Lipinski definition) is 6. The summed E-state index contributed by atoms with van der Waals surface area (Å²) in [7, 11) is 4.11. The number of carbonyl (C=O) groups excluding carboxylic acids is 3. The van der Waals surface area contributed by atoms with Crippen LogP contribution in [0.5, 0.6) is 17.2 Å². The Morgan fingerprint density at radius 1 is 1.12 bits per heavy atom. The molecule has 41 heavy (non-hydrogen) atoms. The quantitative estimate of drug-likeness (QED) is 0.193. The van der Waals surface area contributed by atoms with Crippen LogP contribution in [0.4, 0.5) is 0 Å². The molecule has 0 radical (unpaired) electrons. The first-order chi connectivity index (χ1) is 19.4. The molecule has 0 spiro atoms. The van der Waals surface area contributed by atoms with Gasteiger partial charge in [0.05, 0.1) is 38.4 Å². The minimum absolute atomic E-state index is 0.0287. The third kappa shape index (κ3) is 4.06. The molecule has 4 aliphatic rings. The fourth-order valence-electron chi connectivity index (χ4n) is 6.88. The third-order valence-corrected chi connectivity index (χ3v) is 8.78. The average molecular weight is 573 g/mol. The summed E-state index contributed by atoms with van der Waals surface area (Å²) in [5.41, 5.74) is 7.20. The topological polar surface area (TPSA) is 193 Å². The van der Waals surface area contributed by atoms with Gasteiger partial charge in [0.25, 0.3) is 0 Å². The second kappa shape index (κ2) is 10.4. The van der Waals surface area contributed by atoms with Crippen molar-refractivity contribution in [1.29, 1.82) is 0 Å². The molecule has 13 heteroatoms. The zero-order chi connectivity index (χ0) is 30.1. The van der Waals surface area contributed by atoms with Crippen molar-refractivity contribution in [2.45, 2.75) is 69.7 Å². The lowest BCUT2D eigenvalue weighted by atomic mass is 9.70. The van der Waals surface area contributed by atoms with E-state index in [2.05, 4.69) is 10.6 Å². The van der Waals surface area contributed by atoms with Gasteiger partial charge >= 0.3 is 0 Å². The Balaban J connectivity index is 1.73. The third-order valence-electron chi connectivity index (χ3n) is 8.78. The summed E-state index contributed by atoms with van der Waals surface area (Å²) >= 11 is 0. The van der Waals surface area contributed by atoms with Crippen LogP contribution in [0.15, 0.2) is 22.5 Å². The Bertz CT molecular complexity index is 1400. The standard InChI is InChI=1S/C28H36N4O9/c1-9-20(33)12-7-13-18-16-17(21(34)10(2)25(40-5)23(16)36)26(41-6)19(31-18)28(38)32(13)14(8-30-27(37)11(3)29)15(12)22(35)24(9)39-4/h11,13-14,18-19,26,28,31,34,36,38H,7-8,29H2,1-6H3,(H,30,37)/t11-,13-,14-,18+,19?,26?,28-/m0/s1. The van der Waals surface area contributed by atoms with Crippen LogP contribution in [0.25, 0.3) is 0 Å². The van der Waals surface area contributed by atoms with Crippen molar-refractivity contribution < 1.29 is 43.9 Å². The number of ketones is 2. The highest BCUT2D eigenvalue weighted by Crippen LogP contribution is 2.56. The lowest BCUT2D eigenvalue weighted by Gasteiger charge is -2.58. The average Bonchev–Trinajstić information content (AvgIpc) is 2.95. The van der Waals surface area contributed by atoms with Crippen LogP contribution in [0.3, 0.4) is 0 Å². The van der Waals surface area contributed by atoms with Gasteiger partial charge in [0.1, 0.15) is 18.1 Å². The fraction of sp³-hybridized carbons (Fsp3) is 0.536. The Morgan fingerprint density at radius 2 is 1.80 bits per heavy atom. The number of phenolic OH excluding ortho intramolecular Hbond substituents is 2. The molecule has 1 aliphatic carbocycles. The Labute approximate surface area is 236 Å². The van der Waals surface area contributed by atoms with E-state index < -0.39 is 54.2 Å². The lowest BCUT2D eigenvalue weighted by molar-refractivity contribution is -0.152. The number of nitrogens with two attached hydrogens (primary N) is 1. The number of rotatable bonds is 6. The number of nitrogens with one attached hydrogen (secondary N) is 2. The summed E-state index contributed by atoms with van der Waals surface area (Å²) in [6.07, 6.45) is -2.19. The summed E-state index contributed by atoms with van der Waals surface area (Å²) in [6.45, 7) is 4.50. The number of Topliss-reactive ketones (excluding diaryl/α,β-unsaturated/α-hetero) is 2. The molecule has 0 saturated carbocycles. The molecule has 1 aromatic carbocycles. The van der Waals surface area contributed by atoms with E-state index in [1.54, 1.807) is 11.8 Å². The number of nitrogens with zero attached hydrogens (tertiary/aromatic N) is 1. The van der Waals surface area contributed by atoms with Crippen LogP contribution in [0.1, 0.15) is 49.1 Å². The molecule has 2 unspecified atom stereocenters.